The van der Waals surface area contributed by atoms with Gasteiger partial charge >= 0.3 is 6.61 Å². The first-order chi connectivity index (χ1) is 15.7. The van der Waals surface area contributed by atoms with Crippen molar-refractivity contribution in [3.8, 4) is 11.5 Å². The Bertz CT molecular complexity index is 1070. The number of ether oxygens (including phenoxy) is 2. The summed E-state index contributed by atoms with van der Waals surface area (Å²) in [5.74, 6) is -0.139. The van der Waals surface area contributed by atoms with Crippen LogP contribution in [0.2, 0.25) is 0 Å². The maximum Gasteiger partial charge on any atom is 0.387 e. The molecule has 1 aliphatic heterocycles. The quantitative estimate of drug-likeness (QED) is 0.569. The van der Waals surface area contributed by atoms with Gasteiger partial charge in [0.05, 0.1) is 12.0 Å². The Hall–Kier alpha value is -2.72. The van der Waals surface area contributed by atoms with E-state index in [4.69, 9.17) is 4.74 Å². The van der Waals surface area contributed by atoms with E-state index in [0.29, 0.717) is 5.92 Å². The van der Waals surface area contributed by atoms with E-state index in [1.165, 1.54) is 34.5 Å². The summed E-state index contributed by atoms with van der Waals surface area (Å²) in [6.07, 6.45) is 0.968. The highest BCUT2D eigenvalue weighted by Crippen LogP contribution is 2.30. The van der Waals surface area contributed by atoms with Crippen molar-refractivity contribution in [2.24, 2.45) is 0 Å². The number of halogens is 2. The summed E-state index contributed by atoms with van der Waals surface area (Å²) in [6, 6.07) is 10.9. The molecule has 0 aliphatic carbocycles. The van der Waals surface area contributed by atoms with Gasteiger partial charge in [0.1, 0.15) is 0 Å². The molecule has 0 spiro atoms. The Labute approximate surface area is 192 Å². The first kappa shape index (κ1) is 24.9. The van der Waals surface area contributed by atoms with Gasteiger partial charge in [0, 0.05) is 31.7 Å². The summed E-state index contributed by atoms with van der Waals surface area (Å²) >= 11 is 0. The fourth-order valence-electron chi connectivity index (χ4n) is 3.66. The lowest BCUT2D eigenvalue weighted by Crippen LogP contribution is -2.50. The van der Waals surface area contributed by atoms with Crippen molar-refractivity contribution in [2.45, 2.75) is 37.7 Å². The molecule has 0 unspecified atom stereocenters. The Kier molecular flexibility index (Phi) is 7.91. The molecule has 180 valence electrons. The number of amides is 1. The molecule has 0 saturated carbocycles. The van der Waals surface area contributed by atoms with Gasteiger partial charge in [0.15, 0.2) is 11.5 Å². The molecule has 1 aliphatic rings. The maximum absolute atomic E-state index is 13.0. The lowest BCUT2D eigenvalue weighted by atomic mass is 9.99. The average Bonchev–Trinajstić information content (AvgIpc) is 2.83. The van der Waals surface area contributed by atoms with Crippen LogP contribution < -0.4 is 9.47 Å². The monoisotopic (exact) mass is 482 g/mol. The van der Waals surface area contributed by atoms with Gasteiger partial charge in [0.25, 0.3) is 5.91 Å². The molecule has 1 fully saturated rings. The van der Waals surface area contributed by atoms with Crippen molar-refractivity contribution >= 4 is 15.9 Å². The van der Waals surface area contributed by atoms with E-state index in [1.807, 2.05) is 12.1 Å². The lowest BCUT2D eigenvalue weighted by molar-refractivity contribution is -0.0512. The van der Waals surface area contributed by atoms with Crippen molar-refractivity contribution < 1.29 is 31.5 Å². The van der Waals surface area contributed by atoms with E-state index in [2.05, 4.69) is 18.6 Å². The Morgan fingerprint density at radius 1 is 1.03 bits per heavy atom. The van der Waals surface area contributed by atoms with Crippen LogP contribution >= 0.6 is 0 Å². The van der Waals surface area contributed by atoms with Gasteiger partial charge in [-0.3, -0.25) is 4.79 Å². The molecular formula is C23H28F2N2O5S. The zero-order chi connectivity index (χ0) is 24.2. The lowest BCUT2D eigenvalue weighted by Gasteiger charge is -2.34. The Morgan fingerprint density at radius 2 is 1.67 bits per heavy atom. The van der Waals surface area contributed by atoms with Crippen molar-refractivity contribution in [2.75, 3.05) is 33.3 Å². The van der Waals surface area contributed by atoms with Gasteiger partial charge in [-0.2, -0.15) is 13.1 Å². The van der Waals surface area contributed by atoms with Crippen molar-refractivity contribution in [1.29, 1.82) is 0 Å². The smallest absolute Gasteiger partial charge is 0.387 e. The Morgan fingerprint density at radius 3 is 2.21 bits per heavy atom. The fraction of sp³-hybridized carbons (Fsp3) is 0.435. The van der Waals surface area contributed by atoms with Crippen molar-refractivity contribution in [3.05, 3.63) is 53.6 Å². The van der Waals surface area contributed by atoms with E-state index in [-0.39, 0.29) is 54.0 Å². The minimum Gasteiger partial charge on any atom is -0.493 e. The van der Waals surface area contributed by atoms with Crippen molar-refractivity contribution in [1.82, 2.24) is 9.21 Å². The van der Waals surface area contributed by atoms with E-state index in [9.17, 15) is 22.0 Å². The maximum atomic E-state index is 13.0. The molecular weight excluding hydrogens is 454 g/mol. The zero-order valence-corrected chi connectivity index (χ0v) is 19.6. The van der Waals surface area contributed by atoms with Crippen LogP contribution in [0.1, 0.15) is 42.1 Å². The second kappa shape index (κ2) is 10.5. The normalized spacial score (nSPS) is 16.0. The zero-order valence-electron chi connectivity index (χ0n) is 18.8. The van der Waals surface area contributed by atoms with Crippen LogP contribution in [0.25, 0.3) is 0 Å². The van der Waals surface area contributed by atoms with Crippen LogP contribution in [0, 0.1) is 0 Å². The third-order valence-electron chi connectivity index (χ3n) is 5.85. The van der Waals surface area contributed by atoms with Crippen LogP contribution in [-0.4, -0.2) is 63.4 Å². The van der Waals surface area contributed by atoms with Gasteiger partial charge in [0.2, 0.25) is 10.0 Å². The predicted octanol–water partition coefficient (Wildman–Crippen LogP) is 3.96. The molecule has 7 nitrogen and oxygen atoms in total. The molecule has 2 aromatic carbocycles. The molecule has 2 aromatic rings. The van der Waals surface area contributed by atoms with E-state index >= 15 is 0 Å². The second-order valence-corrected chi connectivity index (χ2v) is 9.76. The van der Waals surface area contributed by atoms with Gasteiger partial charge in [-0.1, -0.05) is 26.0 Å². The third kappa shape index (κ3) is 5.62. The summed E-state index contributed by atoms with van der Waals surface area (Å²) in [5.41, 5.74) is 1.33. The van der Waals surface area contributed by atoms with Gasteiger partial charge in [-0.25, -0.2) is 8.42 Å². The summed E-state index contributed by atoms with van der Waals surface area (Å²) < 4.78 is 61.9. The molecule has 1 heterocycles. The number of piperazine rings is 1. The molecule has 1 amide bonds. The van der Waals surface area contributed by atoms with E-state index in [0.717, 1.165) is 12.0 Å². The summed E-state index contributed by atoms with van der Waals surface area (Å²) in [6.45, 7) is 1.89. The summed E-state index contributed by atoms with van der Waals surface area (Å²) in [5, 5.41) is 0. The van der Waals surface area contributed by atoms with Gasteiger partial charge in [-0.05, 0) is 48.2 Å². The number of methoxy groups -OCH3 is 1. The highest BCUT2D eigenvalue weighted by Gasteiger charge is 2.31. The predicted molar refractivity (Wildman–Crippen MR) is 119 cm³/mol. The molecule has 1 saturated heterocycles. The number of carbonyl (C=O) groups excluding carboxylic acids is 1. The number of rotatable bonds is 8. The number of hydrogen-bond donors (Lipinski definition) is 0. The van der Waals surface area contributed by atoms with Gasteiger partial charge < -0.3 is 14.4 Å². The minimum atomic E-state index is -3.67. The third-order valence-corrected chi connectivity index (χ3v) is 7.76. The largest absolute Gasteiger partial charge is 0.493 e. The molecule has 1 atom stereocenters. The first-order valence-corrected chi connectivity index (χ1v) is 12.1. The van der Waals surface area contributed by atoms with Crippen LogP contribution in [0.5, 0.6) is 11.5 Å². The number of hydrogen-bond acceptors (Lipinski definition) is 5. The minimum absolute atomic E-state index is 0.0169. The van der Waals surface area contributed by atoms with Crippen LogP contribution in [0.15, 0.2) is 47.4 Å². The standard InChI is InChI=1S/C23H28F2N2O5S/c1-4-16(2)17-5-8-19(9-6-17)33(29,30)27-13-11-26(12-14-27)22(28)18-7-10-20(32-23(24)25)21(15-18)31-3/h5-10,15-16,23H,4,11-14H2,1-3H3/t16-/m1/s1. The number of nitrogens with zero attached hydrogens (tertiary/aromatic N) is 2. The highest BCUT2D eigenvalue weighted by atomic mass is 32.2. The van der Waals surface area contributed by atoms with E-state index < -0.39 is 16.6 Å². The fourth-order valence-corrected chi connectivity index (χ4v) is 5.08. The van der Waals surface area contributed by atoms with Crippen LogP contribution in [0.4, 0.5) is 8.78 Å². The number of carbonyl (C=O) groups is 1. The summed E-state index contributed by atoms with van der Waals surface area (Å²) in [7, 11) is -2.37. The Balaban J connectivity index is 1.67. The van der Waals surface area contributed by atoms with Crippen LogP contribution in [0.3, 0.4) is 0 Å². The molecule has 3 rings (SSSR count). The molecule has 0 radical (unpaired) electrons. The average molecular weight is 483 g/mol. The number of benzene rings is 2. The number of alkyl halides is 2. The summed E-state index contributed by atoms with van der Waals surface area (Å²) in [4.78, 5) is 14.6. The molecule has 33 heavy (non-hydrogen) atoms. The van der Waals surface area contributed by atoms with Crippen molar-refractivity contribution in [3.63, 3.8) is 0 Å². The SMILES string of the molecule is CC[C@@H](C)c1ccc(S(=O)(=O)N2CCN(C(=O)c3ccc(OC(F)F)c(OC)c3)CC2)cc1. The number of sulfonamides is 1. The second-order valence-electron chi connectivity index (χ2n) is 7.82. The molecule has 10 heteroatoms. The van der Waals surface area contributed by atoms with Gasteiger partial charge in [-0.15, -0.1) is 0 Å². The van der Waals surface area contributed by atoms with E-state index in [1.54, 1.807) is 12.1 Å². The molecule has 0 N–H and O–H groups in total. The molecule has 0 bridgehead atoms. The topological polar surface area (TPSA) is 76.2 Å². The molecule has 0 aromatic heterocycles. The highest BCUT2D eigenvalue weighted by molar-refractivity contribution is 7.89. The first-order valence-electron chi connectivity index (χ1n) is 10.7. The van der Waals surface area contributed by atoms with Crippen LogP contribution in [-0.2, 0) is 10.0 Å².